The van der Waals surface area contributed by atoms with Gasteiger partial charge in [-0.15, -0.1) is 0 Å². The van der Waals surface area contributed by atoms with Crippen LogP contribution in [-0.2, 0) is 19.1 Å². The lowest BCUT2D eigenvalue weighted by atomic mass is 10.0. The Kier molecular flexibility index (Phi) is 27.8. The second-order valence-corrected chi connectivity index (χ2v) is 11.2. The first-order valence-electron chi connectivity index (χ1n) is 16.2. The third kappa shape index (κ3) is 29.1. The summed E-state index contributed by atoms with van der Waals surface area (Å²) in [5, 5.41) is 19.4. The molecule has 0 heterocycles. The van der Waals surface area contributed by atoms with Gasteiger partial charge in [-0.25, -0.2) is 0 Å². The molecule has 0 saturated carbocycles. The normalized spacial score (nSPS) is 13.7. The molecule has 0 aliphatic carbocycles. The Morgan fingerprint density at radius 3 is 2.17 bits per heavy atom. The topological polar surface area (TPSA) is 93.1 Å². The lowest BCUT2D eigenvalue weighted by Gasteiger charge is -2.15. The van der Waals surface area contributed by atoms with E-state index in [0.29, 0.717) is 19.3 Å². The van der Waals surface area contributed by atoms with Crippen LogP contribution in [0, 0.1) is 5.92 Å². The first-order chi connectivity index (χ1) is 19.9. The second kappa shape index (κ2) is 29.3. The molecule has 0 saturated heterocycles. The summed E-state index contributed by atoms with van der Waals surface area (Å²) in [6, 6.07) is 0. The molecule has 6 nitrogen and oxygen atoms in total. The van der Waals surface area contributed by atoms with Crippen molar-refractivity contribution in [2.45, 2.75) is 142 Å². The summed E-state index contributed by atoms with van der Waals surface area (Å²) in [6.45, 7) is 6.21. The van der Waals surface area contributed by atoms with E-state index in [1.165, 1.54) is 44.9 Å². The minimum Gasteiger partial charge on any atom is -0.462 e. The molecule has 0 rings (SSSR count). The van der Waals surface area contributed by atoms with Gasteiger partial charge in [0.2, 0.25) is 0 Å². The van der Waals surface area contributed by atoms with Crippen LogP contribution < -0.4 is 0 Å². The molecule has 0 aliphatic heterocycles. The second-order valence-electron chi connectivity index (χ2n) is 11.2. The molecule has 0 fully saturated rings. The summed E-state index contributed by atoms with van der Waals surface area (Å²) in [4.78, 5) is 24.0. The zero-order chi connectivity index (χ0) is 30.4. The van der Waals surface area contributed by atoms with Gasteiger partial charge < -0.3 is 19.7 Å². The predicted octanol–water partition coefficient (Wildman–Crippen LogP) is 8.33. The number of ether oxygens (including phenoxy) is 2. The van der Waals surface area contributed by atoms with Crippen molar-refractivity contribution < 1.29 is 29.3 Å². The van der Waals surface area contributed by atoms with E-state index in [1.807, 2.05) is 36.5 Å². The molecule has 41 heavy (non-hydrogen) atoms. The van der Waals surface area contributed by atoms with Gasteiger partial charge >= 0.3 is 11.9 Å². The van der Waals surface area contributed by atoms with E-state index in [9.17, 15) is 19.8 Å². The van der Waals surface area contributed by atoms with Gasteiger partial charge in [0.15, 0.2) is 6.10 Å². The SMILES string of the molecule is CCCCC/C=C\C[C@@H](O)/C=C/C=C\C/C=C\CCCC(=O)OC[C@H](CO)OC(=O)CCCCCCCCC(C)C. The highest BCUT2D eigenvalue weighted by Gasteiger charge is 2.16. The summed E-state index contributed by atoms with van der Waals surface area (Å²) >= 11 is 0. The maximum Gasteiger partial charge on any atom is 0.306 e. The maximum absolute atomic E-state index is 12.0. The number of allylic oxidation sites excluding steroid dienone is 6. The Morgan fingerprint density at radius 2 is 1.44 bits per heavy atom. The molecule has 6 heteroatoms. The number of hydrogen-bond acceptors (Lipinski definition) is 6. The number of hydrogen-bond donors (Lipinski definition) is 2. The summed E-state index contributed by atoms with van der Waals surface area (Å²) < 4.78 is 10.4. The standard InChI is InChI=1S/C35H60O6/c1-4-5-6-7-15-20-25-32(37)26-21-16-10-8-9-11-17-22-27-34(38)40-30-33(29-36)41-35(39)28-23-18-13-12-14-19-24-31(2)3/h9-11,15-16,20-21,26,31-33,36-37H,4-8,12-14,17-19,22-25,27-30H2,1-3H3/b11-9-,16-10-,20-15-,26-21+/t32-,33+/m1/s1. The zero-order valence-electron chi connectivity index (χ0n) is 26.3. The minimum atomic E-state index is -0.809. The number of carbonyl (C=O) groups is 2. The van der Waals surface area contributed by atoms with Crippen molar-refractivity contribution in [2.75, 3.05) is 13.2 Å². The van der Waals surface area contributed by atoms with Crippen molar-refractivity contribution in [3.8, 4) is 0 Å². The molecule has 0 unspecified atom stereocenters. The number of carbonyl (C=O) groups excluding carboxylic acids is 2. The van der Waals surface area contributed by atoms with Crippen LogP contribution in [0.1, 0.15) is 130 Å². The molecule has 0 spiro atoms. The number of rotatable bonds is 27. The molecule has 2 atom stereocenters. The van der Waals surface area contributed by atoms with Gasteiger partial charge in [0.05, 0.1) is 12.7 Å². The Balaban J connectivity index is 3.82. The van der Waals surface area contributed by atoms with E-state index in [0.717, 1.165) is 44.4 Å². The van der Waals surface area contributed by atoms with Crippen molar-refractivity contribution in [2.24, 2.45) is 5.92 Å². The van der Waals surface area contributed by atoms with E-state index in [2.05, 4.69) is 26.8 Å². The number of esters is 2. The van der Waals surface area contributed by atoms with Crippen molar-refractivity contribution in [1.82, 2.24) is 0 Å². The molecular formula is C35H60O6. The molecule has 0 bridgehead atoms. The average Bonchev–Trinajstić information content (AvgIpc) is 2.95. The van der Waals surface area contributed by atoms with Crippen LogP contribution in [0.5, 0.6) is 0 Å². The molecular weight excluding hydrogens is 516 g/mol. The highest BCUT2D eigenvalue weighted by Crippen LogP contribution is 2.12. The molecule has 0 radical (unpaired) electrons. The largest absolute Gasteiger partial charge is 0.462 e. The van der Waals surface area contributed by atoms with E-state index >= 15 is 0 Å². The fourth-order valence-corrected chi connectivity index (χ4v) is 4.11. The van der Waals surface area contributed by atoms with Gasteiger partial charge in [-0.3, -0.25) is 9.59 Å². The van der Waals surface area contributed by atoms with Crippen molar-refractivity contribution >= 4 is 11.9 Å². The zero-order valence-corrected chi connectivity index (χ0v) is 26.3. The minimum absolute atomic E-state index is 0.116. The van der Waals surface area contributed by atoms with E-state index < -0.39 is 12.2 Å². The van der Waals surface area contributed by atoms with Crippen LogP contribution in [0.2, 0.25) is 0 Å². The summed E-state index contributed by atoms with van der Waals surface area (Å²) in [5.41, 5.74) is 0. The molecule has 0 aromatic carbocycles. The molecule has 0 aromatic rings. The highest BCUT2D eigenvalue weighted by atomic mass is 16.6. The van der Waals surface area contributed by atoms with Crippen LogP contribution in [0.15, 0.2) is 48.6 Å². The third-order valence-corrected chi connectivity index (χ3v) is 6.63. The van der Waals surface area contributed by atoms with Crippen LogP contribution in [-0.4, -0.2) is 47.6 Å². The van der Waals surface area contributed by atoms with Crippen LogP contribution >= 0.6 is 0 Å². The van der Waals surface area contributed by atoms with Crippen LogP contribution in [0.4, 0.5) is 0 Å². The van der Waals surface area contributed by atoms with E-state index in [4.69, 9.17) is 9.47 Å². The van der Waals surface area contributed by atoms with Gasteiger partial charge in [0.1, 0.15) is 6.61 Å². The van der Waals surface area contributed by atoms with E-state index in [-0.39, 0.29) is 31.6 Å². The first kappa shape index (κ1) is 38.8. The highest BCUT2D eigenvalue weighted by molar-refractivity contribution is 5.70. The van der Waals surface area contributed by atoms with Gasteiger partial charge in [0.25, 0.3) is 0 Å². The summed E-state index contributed by atoms with van der Waals surface area (Å²) in [6.07, 6.45) is 30.7. The van der Waals surface area contributed by atoms with Crippen molar-refractivity contribution in [3.05, 3.63) is 48.6 Å². The molecule has 2 N–H and O–H groups in total. The maximum atomic E-state index is 12.0. The van der Waals surface area contributed by atoms with Gasteiger partial charge in [-0.1, -0.05) is 121 Å². The Labute approximate surface area is 251 Å². The van der Waals surface area contributed by atoms with Crippen molar-refractivity contribution in [3.63, 3.8) is 0 Å². The lowest BCUT2D eigenvalue weighted by Crippen LogP contribution is -2.28. The average molecular weight is 577 g/mol. The lowest BCUT2D eigenvalue weighted by molar-refractivity contribution is -0.161. The first-order valence-corrected chi connectivity index (χ1v) is 16.2. The molecule has 0 aliphatic rings. The smallest absolute Gasteiger partial charge is 0.306 e. The Morgan fingerprint density at radius 1 is 0.756 bits per heavy atom. The summed E-state index contributed by atoms with van der Waals surface area (Å²) in [7, 11) is 0. The van der Waals surface area contributed by atoms with Gasteiger partial charge in [-0.2, -0.15) is 0 Å². The molecule has 0 aromatic heterocycles. The summed E-state index contributed by atoms with van der Waals surface area (Å²) in [5.74, 6) is 0.0539. The van der Waals surface area contributed by atoms with Gasteiger partial charge in [-0.05, 0) is 50.9 Å². The van der Waals surface area contributed by atoms with E-state index in [1.54, 1.807) is 6.08 Å². The number of aliphatic hydroxyl groups excluding tert-OH is 2. The fourth-order valence-electron chi connectivity index (χ4n) is 4.11. The third-order valence-electron chi connectivity index (χ3n) is 6.63. The van der Waals surface area contributed by atoms with Crippen molar-refractivity contribution in [1.29, 1.82) is 0 Å². The van der Waals surface area contributed by atoms with Gasteiger partial charge in [0, 0.05) is 12.8 Å². The fraction of sp³-hybridized carbons (Fsp3) is 0.714. The predicted molar refractivity (Wildman–Crippen MR) is 169 cm³/mol. The molecule has 236 valence electrons. The van der Waals surface area contributed by atoms with Crippen LogP contribution in [0.25, 0.3) is 0 Å². The Bertz CT molecular complexity index is 737. The van der Waals surface area contributed by atoms with Crippen LogP contribution in [0.3, 0.4) is 0 Å². The quantitative estimate of drug-likeness (QED) is 0.0442. The number of aliphatic hydroxyl groups is 2. The number of unbranched alkanes of at least 4 members (excludes halogenated alkanes) is 9. The molecule has 0 amide bonds. The monoisotopic (exact) mass is 576 g/mol. The Hall–Kier alpha value is -2.18.